The number of esters is 3. The molecular formula is C30H40O8. The van der Waals surface area contributed by atoms with Crippen LogP contribution in [-0.2, 0) is 38.1 Å². The molecule has 2 saturated carbocycles. The summed E-state index contributed by atoms with van der Waals surface area (Å²) in [6, 6.07) is 9.60. The van der Waals surface area contributed by atoms with Gasteiger partial charge in [-0.3, -0.25) is 9.59 Å². The fourth-order valence-electron chi connectivity index (χ4n) is 7.47. The summed E-state index contributed by atoms with van der Waals surface area (Å²) < 4.78 is 30.9. The molecule has 2 aliphatic carbocycles. The molecule has 38 heavy (non-hydrogen) atoms. The van der Waals surface area contributed by atoms with Gasteiger partial charge in [-0.25, -0.2) is 4.79 Å². The highest BCUT2D eigenvalue weighted by atomic mass is 16.6. The van der Waals surface area contributed by atoms with E-state index in [1.54, 1.807) is 0 Å². The lowest BCUT2D eigenvalue weighted by Gasteiger charge is -2.61. The van der Waals surface area contributed by atoms with E-state index in [-0.39, 0.29) is 30.3 Å². The highest BCUT2D eigenvalue weighted by molar-refractivity contribution is 5.79. The number of carbonyl (C=O) groups is 3. The number of epoxide rings is 1. The van der Waals surface area contributed by atoms with Crippen LogP contribution in [0.5, 0.6) is 0 Å². The highest BCUT2D eigenvalue weighted by Gasteiger charge is 2.75. The van der Waals surface area contributed by atoms with Crippen molar-refractivity contribution in [2.45, 2.75) is 115 Å². The van der Waals surface area contributed by atoms with Crippen molar-refractivity contribution < 1.29 is 38.1 Å². The predicted octanol–water partition coefficient (Wildman–Crippen LogP) is 4.69. The molecule has 0 aromatic heterocycles. The Kier molecular flexibility index (Phi) is 6.87. The van der Waals surface area contributed by atoms with E-state index in [0.29, 0.717) is 19.3 Å². The quantitative estimate of drug-likeness (QED) is 0.286. The molecular weight excluding hydrogens is 488 g/mol. The van der Waals surface area contributed by atoms with Gasteiger partial charge in [-0.1, -0.05) is 44.2 Å². The minimum Gasteiger partial charge on any atom is -0.460 e. The van der Waals surface area contributed by atoms with E-state index in [2.05, 4.69) is 20.8 Å². The van der Waals surface area contributed by atoms with Crippen molar-refractivity contribution in [3.63, 3.8) is 0 Å². The summed E-state index contributed by atoms with van der Waals surface area (Å²) in [5.74, 6) is -1.11. The smallest absolute Gasteiger partial charge is 0.338 e. The van der Waals surface area contributed by atoms with Gasteiger partial charge in [-0.05, 0) is 63.9 Å². The summed E-state index contributed by atoms with van der Waals surface area (Å²) >= 11 is 0. The Hall–Kier alpha value is -2.45. The van der Waals surface area contributed by atoms with Gasteiger partial charge >= 0.3 is 17.9 Å². The summed E-state index contributed by atoms with van der Waals surface area (Å²) in [6.07, 6.45) is -0.381. The van der Waals surface area contributed by atoms with Crippen LogP contribution in [0.2, 0.25) is 0 Å². The van der Waals surface area contributed by atoms with Gasteiger partial charge < -0.3 is 23.7 Å². The molecule has 4 fully saturated rings. The lowest BCUT2D eigenvalue weighted by atomic mass is 9.49. The monoisotopic (exact) mass is 528 g/mol. The van der Waals surface area contributed by atoms with E-state index in [4.69, 9.17) is 23.7 Å². The van der Waals surface area contributed by atoms with Crippen LogP contribution < -0.4 is 0 Å². The van der Waals surface area contributed by atoms with E-state index in [1.165, 1.54) is 6.92 Å². The summed E-state index contributed by atoms with van der Waals surface area (Å²) in [4.78, 5) is 38.5. The molecule has 8 heteroatoms. The van der Waals surface area contributed by atoms with Crippen LogP contribution in [-0.4, -0.2) is 53.5 Å². The minimum atomic E-state index is -0.940. The predicted molar refractivity (Wildman–Crippen MR) is 137 cm³/mol. The van der Waals surface area contributed by atoms with Crippen molar-refractivity contribution in [1.29, 1.82) is 0 Å². The van der Waals surface area contributed by atoms with Gasteiger partial charge in [0.2, 0.25) is 0 Å². The number of hydrogen-bond acceptors (Lipinski definition) is 8. The first-order chi connectivity index (χ1) is 17.9. The van der Waals surface area contributed by atoms with Crippen molar-refractivity contribution in [3.8, 4) is 0 Å². The molecule has 5 rings (SSSR count). The third kappa shape index (κ3) is 4.34. The Labute approximate surface area is 224 Å². The zero-order valence-electron chi connectivity index (χ0n) is 23.2. The highest BCUT2D eigenvalue weighted by Crippen LogP contribution is 2.67. The molecule has 8 nitrogen and oxygen atoms in total. The fraction of sp³-hybridized carbons (Fsp3) is 0.700. The Morgan fingerprint density at radius 1 is 1.03 bits per heavy atom. The Balaban J connectivity index is 1.49. The second kappa shape index (κ2) is 9.63. The Morgan fingerprint density at radius 2 is 1.74 bits per heavy atom. The SMILES string of the molecule is CCCC(=O)O[C@H]1C[C@@H](C)[C@@]23C[C@@H](C[C@H](OC(=O)[C@H]4O[C@@H]4c4ccccc4)[C@]2(C)[C@H]1OC(C)=O)C(C)(C)O3. The van der Waals surface area contributed by atoms with Crippen molar-refractivity contribution in [2.24, 2.45) is 17.3 Å². The molecule has 0 radical (unpaired) electrons. The number of ether oxygens (including phenoxy) is 5. The second-order valence-electron chi connectivity index (χ2n) is 12.3. The topological polar surface area (TPSA) is 101 Å². The number of carbonyl (C=O) groups excluding carboxylic acids is 3. The van der Waals surface area contributed by atoms with Crippen molar-refractivity contribution >= 4 is 17.9 Å². The first-order valence-corrected chi connectivity index (χ1v) is 13.9. The molecule has 0 unspecified atom stereocenters. The number of hydrogen-bond donors (Lipinski definition) is 0. The number of rotatable bonds is 7. The molecule has 2 heterocycles. The molecule has 2 saturated heterocycles. The fourth-order valence-corrected chi connectivity index (χ4v) is 7.47. The lowest BCUT2D eigenvalue weighted by Crippen LogP contribution is -2.71. The van der Waals surface area contributed by atoms with Crippen LogP contribution in [0.3, 0.4) is 0 Å². The van der Waals surface area contributed by atoms with Crippen molar-refractivity contribution in [3.05, 3.63) is 35.9 Å². The van der Waals surface area contributed by atoms with Gasteiger partial charge in [0, 0.05) is 13.3 Å². The van der Waals surface area contributed by atoms with E-state index in [1.807, 2.05) is 44.2 Å². The standard InChI is InChI=1S/C30H40O8/c1-7-11-23(32)35-21-14-17(2)30-16-20(28(4,5)38-30)15-22(29(30,6)26(21)34-18(3)31)36-27(33)25-24(37-25)19-12-9-8-10-13-19/h8-10,12-13,17,20-22,24-26H,7,11,14-16H2,1-6H3/t17-,20-,21+,22+,24-,25+,26+,29-,30+/m1/s1. The molecule has 2 aliphatic heterocycles. The molecule has 208 valence electrons. The first-order valence-electron chi connectivity index (χ1n) is 13.9. The Morgan fingerprint density at radius 3 is 2.39 bits per heavy atom. The van der Waals surface area contributed by atoms with Crippen LogP contribution in [0.4, 0.5) is 0 Å². The maximum Gasteiger partial charge on any atom is 0.338 e. The number of benzene rings is 1. The molecule has 9 atom stereocenters. The van der Waals surface area contributed by atoms with E-state index in [0.717, 1.165) is 12.0 Å². The van der Waals surface area contributed by atoms with Crippen LogP contribution in [0.1, 0.15) is 85.3 Å². The molecule has 1 spiro atoms. The molecule has 0 amide bonds. The minimum absolute atomic E-state index is 0.0289. The third-order valence-corrected chi connectivity index (χ3v) is 9.51. The van der Waals surface area contributed by atoms with Gasteiger partial charge in [0.1, 0.15) is 18.3 Å². The lowest BCUT2D eigenvalue weighted by molar-refractivity contribution is -0.285. The summed E-state index contributed by atoms with van der Waals surface area (Å²) in [5.41, 5.74) is -1.19. The first kappa shape index (κ1) is 27.1. The van der Waals surface area contributed by atoms with Gasteiger partial charge in [0.25, 0.3) is 0 Å². The largest absolute Gasteiger partial charge is 0.460 e. The van der Waals surface area contributed by atoms with Crippen LogP contribution in [0.15, 0.2) is 30.3 Å². The van der Waals surface area contributed by atoms with Gasteiger partial charge in [-0.2, -0.15) is 0 Å². The summed E-state index contributed by atoms with van der Waals surface area (Å²) in [6.45, 7) is 11.5. The van der Waals surface area contributed by atoms with Crippen molar-refractivity contribution in [2.75, 3.05) is 0 Å². The zero-order chi connectivity index (χ0) is 27.5. The van der Waals surface area contributed by atoms with Crippen LogP contribution in [0, 0.1) is 17.3 Å². The van der Waals surface area contributed by atoms with Crippen molar-refractivity contribution in [1.82, 2.24) is 0 Å². The summed E-state index contributed by atoms with van der Waals surface area (Å²) in [5, 5.41) is 0. The molecule has 1 aromatic carbocycles. The van der Waals surface area contributed by atoms with E-state index >= 15 is 0 Å². The van der Waals surface area contributed by atoms with Gasteiger partial charge in [0.15, 0.2) is 12.2 Å². The molecule has 0 N–H and O–H groups in total. The van der Waals surface area contributed by atoms with E-state index in [9.17, 15) is 14.4 Å². The molecule has 4 aliphatic rings. The van der Waals surface area contributed by atoms with Crippen LogP contribution in [0.25, 0.3) is 0 Å². The van der Waals surface area contributed by atoms with Gasteiger partial charge in [-0.15, -0.1) is 0 Å². The zero-order valence-corrected chi connectivity index (χ0v) is 23.2. The average Bonchev–Trinajstić information content (AvgIpc) is 3.61. The van der Waals surface area contributed by atoms with E-state index < -0.39 is 53.0 Å². The Bertz CT molecular complexity index is 1080. The van der Waals surface area contributed by atoms with Gasteiger partial charge in [0.05, 0.1) is 16.6 Å². The number of fused-ring (bicyclic) bond motifs is 1. The average molecular weight is 529 g/mol. The molecule has 1 aromatic rings. The summed E-state index contributed by atoms with van der Waals surface area (Å²) in [7, 11) is 0. The maximum atomic E-state index is 13.4. The third-order valence-electron chi connectivity index (χ3n) is 9.51. The second-order valence-corrected chi connectivity index (χ2v) is 12.3. The molecule has 2 bridgehead atoms. The van der Waals surface area contributed by atoms with Crippen LogP contribution >= 0.6 is 0 Å². The normalized spacial score (nSPS) is 40.5. The maximum absolute atomic E-state index is 13.4.